The first kappa shape index (κ1) is 12.1. The minimum absolute atomic E-state index is 0.131. The van der Waals surface area contributed by atoms with E-state index < -0.39 is 23.5 Å². The summed E-state index contributed by atoms with van der Waals surface area (Å²) in [5, 5.41) is 8.45. The summed E-state index contributed by atoms with van der Waals surface area (Å²) in [4.78, 5) is 10.4. The zero-order chi connectivity index (χ0) is 11.6. The Kier molecular flexibility index (Phi) is 3.41. The zero-order valence-electron chi connectivity index (χ0n) is 7.45. The lowest BCUT2D eigenvalue weighted by Crippen LogP contribution is -2.45. The maximum atomic E-state index is 13.5. The average Bonchev–Trinajstić information content (AvgIpc) is 2.16. The summed E-state index contributed by atoms with van der Waals surface area (Å²) in [6.45, 7) is 0. The molecule has 0 aliphatic carbocycles. The van der Waals surface area contributed by atoms with Crippen LogP contribution in [0.25, 0.3) is 0 Å². The van der Waals surface area contributed by atoms with Crippen molar-refractivity contribution in [1.29, 1.82) is 0 Å². The third-order valence-corrected chi connectivity index (χ3v) is 2.58. The molecule has 3 nitrogen and oxygen atoms in total. The van der Waals surface area contributed by atoms with E-state index in [9.17, 15) is 13.6 Å². The fourth-order valence-electron chi connectivity index (χ4n) is 1.05. The van der Waals surface area contributed by atoms with Crippen LogP contribution in [0.1, 0.15) is 5.56 Å². The van der Waals surface area contributed by atoms with E-state index in [1.54, 1.807) is 6.07 Å². The molecule has 1 aromatic rings. The molecule has 3 N–H and O–H groups in total. The molecule has 0 fully saturated rings. The lowest BCUT2D eigenvalue weighted by Gasteiger charge is -2.21. The normalized spacial score (nSPS) is 13.6. The van der Waals surface area contributed by atoms with Gasteiger partial charge in [0.25, 0.3) is 5.92 Å². The Balaban J connectivity index is 3.16. The second-order valence-electron chi connectivity index (χ2n) is 2.92. The summed E-state index contributed by atoms with van der Waals surface area (Å²) in [6, 6.07) is 3.22. The molecule has 0 heterocycles. The quantitative estimate of drug-likeness (QED) is 0.889. The molecule has 1 unspecified atom stereocenters. The number of aliphatic carboxylic acids is 1. The maximum absolute atomic E-state index is 13.5. The lowest BCUT2D eigenvalue weighted by atomic mass is 10.0. The van der Waals surface area contributed by atoms with Gasteiger partial charge in [-0.3, -0.25) is 4.79 Å². The molecule has 0 bridgehead atoms. The second-order valence-corrected chi connectivity index (χ2v) is 3.77. The van der Waals surface area contributed by atoms with E-state index in [-0.39, 0.29) is 4.47 Å². The Morgan fingerprint density at radius 2 is 2.00 bits per heavy atom. The van der Waals surface area contributed by atoms with Crippen molar-refractivity contribution >= 4 is 21.9 Å². The first-order chi connectivity index (χ1) is 6.87. The highest BCUT2D eigenvalue weighted by atomic mass is 79.9. The Labute approximate surface area is 93.0 Å². The van der Waals surface area contributed by atoms with Crippen molar-refractivity contribution in [2.24, 2.45) is 5.73 Å². The minimum atomic E-state index is -3.61. The van der Waals surface area contributed by atoms with Crippen LogP contribution in [0.5, 0.6) is 0 Å². The van der Waals surface area contributed by atoms with Crippen LogP contribution in [0.3, 0.4) is 0 Å². The number of rotatable bonds is 3. The van der Waals surface area contributed by atoms with Crippen LogP contribution >= 0.6 is 15.9 Å². The zero-order valence-corrected chi connectivity index (χ0v) is 9.04. The maximum Gasteiger partial charge on any atom is 0.327 e. The van der Waals surface area contributed by atoms with Crippen LogP contribution in [-0.2, 0) is 10.7 Å². The topological polar surface area (TPSA) is 63.3 Å². The number of hydrogen-bond donors (Lipinski definition) is 2. The van der Waals surface area contributed by atoms with Gasteiger partial charge in [0.1, 0.15) is 0 Å². The second kappa shape index (κ2) is 4.24. The van der Waals surface area contributed by atoms with Crippen LogP contribution in [-0.4, -0.2) is 17.1 Å². The van der Waals surface area contributed by atoms with Gasteiger partial charge in [-0.25, -0.2) is 0 Å². The van der Waals surface area contributed by atoms with Crippen molar-refractivity contribution in [2.45, 2.75) is 12.0 Å². The van der Waals surface area contributed by atoms with Crippen molar-refractivity contribution in [3.8, 4) is 0 Å². The molecule has 6 heteroatoms. The van der Waals surface area contributed by atoms with Crippen molar-refractivity contribution in [1.82, 2.24) is 0 Å². The SMILES string of the molecule is NC(C(=O)O)C(F)(F)c1ccccc1Br. The minimum Gasteiger partial charge on any atom is -0.480 e. The monoisotopic (exact) mass is 279 g/mol. The van der Waals surface area contributed by atoms with E-state index in [2.05, 4.69) is 15.9 Å². The van der Waals surface area contributed by atoms with Gasteiger partial charge < -0.3 is 10.8 Å². The molecular formula is C9H8BrF2NO2. The molecule has 0 saturated heterocycles. The number of alkyl halides is 2. The predicted octanol–water partition coefficient (Wildman–Crippen LogP) is 1.95. The Bertz CT molecular complexity index is 384. The van der Waals surface area contributed by atoms with Gasteiger partial charge in [0.2, 0.25) is 0 Å². The number of carboxylic acids is 1. The van der Waals surface area contributed by atoms with Crippen molar-refractivity contribution in [3.05, 3.63) is 34.3 Å². The van der Waals surface area contributed by atoms with Crippen LogP contribution in [0.2, 0.25) is 0 Å². The van der Waals surface area contributed by atoms with E-state index in [1.165, 1.54) is 12.1 Å². The third kappa shape index (κ3) is 2.32. The number of halogens is 3. The fraction of sp³-hybridized carbons (Fsp3) is 0.222. The third-order valence-electron chi connectivity index (χ3n) is 1.89. The van der Waals surface area contributed by atoms with Gasteiger partial charge in [-0.2, -0.15) is 8.78 Å². The number of carboxylic acid groups (broad SMARTS) is 1. The Morgan fingerprint density at radius 3 is 2.47 bits per heavy atom. The summed E-state index contributed by atoms with van der Waals surface area (Å²) >= 11 is 2.92. The molecule has 0 aliphatic rings. The van der Waals surface area contributed by atoms with Gasteiger partial charge in [-0.15, -0.1) is 0 Å². The molecule has 0 aliphatic heterocycles. The van der Waals surface area contributed by atoms with Gasteiger partial charge in [0.15, 0.2) is 6.04 Å². The first-order valence-corrected chi connectivity index (χ1v) is 4.78. The lowest BCUT2D eigenvalue weighted by molar-refractivity contribution is -0.149. The molecular weight excluding hydrogens is 272 g/mol. The predicted molar refractivity (Wildman–Crippen MR) is 53.6 cm³/mol. The molecule has 1 rings (SSSR count). The van der Waals surface area contributed by atoms with Gasteiger partial charge >= 0.3 is 5.97 Å². The van der Waals surface area contributed by atoms with Crippen molar-refractivity contribution in [3.63, 3.8) is 0 Å². The van der Waals surface area contributed by atoms with E-state index in [1.807, 2.05) is 0 Å². The molecule has 0 saturated carbocycles. The first-order valence-electron chi connectivity index (χ1n) is 3.98. The molecule has 15 heavy (non-hydrogen) atoms. The Morgan fingerprint density at radius 1 is 1.47 bits per heavy atom. The van der Waals surface area contributed by atoms with Gasteiger partial charge in [0, 0.05) is 10.0 Å². The standard InChI is InChI=1S/C9H8BrF2NO2/c10-6-4-2-1-3-5(6)9(11,12)7(13)8(14)15/h1-4,7H,13H2,(H,14,15). The Hall–Kier alpha value is -1.01. The van der Waals surface area contributed by atoms with Gasteiger partial charge in [-0.1, -0.05) is 34.1 Å². The summed E-state index contributed by atoms with van der Waals surface area (Å²) < 4.78 is 27.2. The van der Waals surface area contributed by atoms with Gasteiger partial charge in [0.05, 0.1) is 0 Å². The van der Waals surface area contributed by atoms with E-state index >= 15 is 0 Å². The summed E-state index contributed by atoms with van der Waals surface area (Å²) in [6.07, 6.45) is 0. The van der Waals surface area contributed by atoms with Crippen LogP contribution in [0, 0.1) is 0 Å². The van der Waals surface area contributed by atoms with Crippen LogP contribution in [0.4, 0.5) is 8.78 Å². The number of nitrogens with two attached hydrogens (primary N) is 1. The molecule has 82 valence electrons. The highest BCUT2D eigenvalue weighted by Gasteiger charge is 2.44. The fourth-order valence-corrected chi connectivity index (χ4v) is 1.60. The van der Waals surface area contributed by atoms with E-state index in [0.717, 1.165) is 6.07 Å². The number of carbonyl (C=O) groups is 1. The molecule has 1 atom stereocenters. The smallest absolute Gasteiger partial charge is 0.327 e. The summed E-state index contributed by atoms with van der Waals surface area (Å²) in [5.41, 5.74) is 4.49. The summed E-state index contributed by atoms with van der Waals surface area (Å²) in [7, 11) is 0. The molecule has 0 radical (unpaired) electrons. The van der Waals surface area contributed by atoms with E-state index in [0.29, 0.717) is 0 Å². The number of hydrogen-bond acceptors (Lipinski definition) is 2. The van der Waals surface area contributed by atoms with Gasteiger partial charge in [-0.05, 0) is 6.07 Å². The van der Waals surface area contributed by atoms with Crippen LogP contribution < -0.4 is 5.73 Å². The molecule has 1 aromatic carbocycles. The molecule has 0 spiro atoms. The summed E-state index contributed by atoms with van der Waals surface area (Å²) in [5.74, 6) is -5.35. The van der Waals surface area contributed by atoms with Crippen LogP contribution in [0.15, 0.2) is 28.7 Å². The van der Waals surface area contributed by atoms with Crippen molar-refractivity contribution in [2.75, 3.05) is 0 Å². The van der Waals surface area contributed by atoms with Crippen molar-refractivity contribution < 1.29 is 18.7 Å². The molecule has 0 aromatic heterocycles. The largest absolute Gasteiger partial charge is 0.480 e. The average molecular weight is 280 g/mol. The van der Waals surface area contributed by atoms with E-state index in [4.69, 9.17) is 10.8 Å². The number of benzene rings is 1. The molecule has 0 amide bonds. The highest BCUT2D eigenvalue weighted by molar-refractivity contribution is 9.10. The highest BCUT2D eigenvalue weighted by Crippen LogP contribution is 2.35.